The molecule has 0 bridgehead atoms. The van der Waals surface area contributed by atoms with E-state index in [4.69, 9.17) is 14.2 Å². The van der Waals surface area contributed by atoms with Crippen LogP contribution in [0.3, 0.4) is 0 Å². The first-order valence-corrected chi connectivity index (χ1v) is 13.4. The van der Waals surface area contributed by atoms with Crippen molar-refractivity contribution in [3.8, 4) is 23.0 Å². The molecule has 4 aromatic carbocycles. The zero-order valence-electron chi connectivity index (χ0n) is 22.4. The molecule has 43 heavy (non-hydrogen) atoms. The van der Waals surface area contributed by atoms with Gasteiger partial charge >= 0.3 is 11.9 Å². The van der Waals surface area contributed by atoms with Crippen molar-refractivity contribution in [1.29, 1.82) is 0 Å². The topological polar surface area (TPSA) is 112 Å². The summed E-state index contributed by atoms with van der Waals surface area (Å²) < 4.78 is 56.9. The van der Waals surface area contributed by atoms with Crippen molar-refractivity contribution in [3.05, 3.63) is 122 Å². The largest absolute Gasteiger partial charge is 0.490 e. The van der Waals surface area contributed by atoms with Crippen LogP contribution in [0.1, 0.15) is 34.0 Å². The fourth-order valence-electron chi connectivity index (χ4n) is 3.75. The third kappa shape index (κ3) is 8.32. The van der Waals surface area contributed by atoms with Crippen molar-refractivity contribution in [2.24, 2.45) is 5.10 Å². The van der Waals surface area contributed by atoms with Gasteiger partial charge in [0.15, 0.2) is 11.5 Å². The predicted molar refractivity (Wildman–Crippen MR) is 156 cm³/mol. The van der Waals surface area contributed by atoms with Gasteiger partial charge in [0.2, 0.25) is 5.75 Å². The van der Waals surface area contributed by atoms with E-state index in [0.717, 1.165) is 11.6 Å². The Bertz CT molecular complexity index is 1650. The van der Waals surface area contributed by atoms with Crippen molar-refractivity contribution >= 4 is 33.7 Å². The fraction of sp³-hybridized carbons (Fsp3) is 0.133. The molecule has 4 rings (SSSR count). The van der Waals surface area contributed by atoms with Gasteiger partial charge in [0.25, 0.3) is 5.91 Å². The number of nitro groups is 1. The Labute approximate surface area is 252 Å². The highest BCUT2D eigenvalue weighted by molar-refractivity contribution is 9.10. The van der Waals surface area contributed by atoms with Gasteiger partial charge in [-0.3, -0.25) is 14.9 Å². The fourth-order valence-corrected chi connectivity index (χ4v) is 4.13. The lowest BCUT2D eigenvalue weighted by molar-refractivity contribution is -0.385. The highest BCUT2D eigenvalue weighted by Crippen LogP contribution is 2.38. The Hall–Kier alpha value is -4.91. The van der Waals surface area contributed by atoms with Crippen molar-refractivity contribution in [1.82, 2.24) is 5.43 Å². The molecule has 0 fully saturated rings. The Morgan fingerprint density at radius 2 is 1.67 bits per heavy atom. The van der Waals surface area contributed by atoms with Crippen LogP contribution in [-0.2, 0) is 12.8 Å². The van der Waals surface area contributed by atoms with Crippen molar-refractivity contribution in [3.63, 3.8) is 0 Å². The molecule has 0 atom stereocenters. The first-order valence-electron chi connectivity index (χ1n) is 12.6. The van der Waals surface area contributed by atoms with Crippen LogP contribution >= 0.6 is 15.9 Å². The molecule has 1 amide bonds. The number of ether oxygens (including phenoxy) is 3. The minimum absolute atomic E-state index is 0.0441. The number of benzene rings is 4. The molecule has 0 aromatic heterocycles. The van der Waals surface area contributed by atoms with E-state index in [-0.39, 0.29) is 16.9 Å². The molecule has 222 valence electrons. The summed E-state index contributed by atoms with van der Waals surface area (Å²) >= 11 is 3.30. The molecule has 0 radical (unpaired) electrons. The van der Waals surface area contributed by atoms with E-state index in [1.165, 1.54) is 18.3 Å². The lowest BCUT2D eigenvalue weighted by Crippen LogP contribution is -2.18. The summed E-state index contributed by atoms with van der Waals surface area (Å²) in [5.41, 5.74) is 1.80. The number of hydrazone groups is 1. The van der Waals surface area contributed by atoms with Crippen LogP contribution in [0.2, 0.25) is 0 Å². The molecule has 0 saturated carbocycles. The number of carbonyl (C=O) groups excluding carboxylic acids is 1. The number of alkyl halides is 3. The average molecular weight is 658 g/mol. The number of nitro benzene ring substituents is 1. The normalized spacial score (nSPS) is 11.3. The van der Waals surface area contributed by atoms with Gasteiger partial charge in [-0.25, -0.2) is 5.43 Å². The van der Waals surface area contributed by atoms with Gasteiger partial charge in [0.05, 0.1) is 23.3 Å². The number of rotatable bonds is 11. The quantitative estimate of drug-likeness (QED) is 0.0996. The molecule has 4 aromatic rings. The molecule has 0 spiro atoms. The molecule has 9 nitrogen and oxygen atoms in total. The number of halogens is 4. The van der Waals surface area contributed by atoms with Gasteiger partial charge in [-0.15, -0.1) is 0 Å². The number of amides is 1. The molecule has 0 aliphatic heterocycles. The summed E-state index contributed by atoms with van der Waals surface area (Å²) in [6.45, 7) is 2.45. The standard InChI is InChI=1S/C30H23BrF3N3O6/c1-2-41-28-15-20(8-11-27(28)42-18-19-6-4-3-5-7-19)29(38)36-35-17-21-14-23(31)10-13-25(21)43-26-12-9-22(30(32,33)34)16-24(26)37(39)40/h3-17H,2,18H2,1H3,(H,36,38)/b35-17+. The molecule has 0 aliphatic carbocycles. The van der Waals surface area contributed by atoms with E-state index in [1.54, 1.807) is 31.2 Å². The summed E-state index contributed by atoms with van der Waals surface area (Å²) in [4.78, 5) is 23.3. The van der Waals surface area contributed by atoms with Gasteiger partial charge in [-0.1, -0.05) is 46.3 Å². The van der Waals surface area contributed by atoms with E-state index in [1.807, 2.05) is 30.3 Å². The first-order chi connectivity index (χ1) is 20.5. The Kier molecular flexibility index (Phi) is 9.99. The third-order valence-corrected chi connectivity index (χ3v) is 6.28. The van der Waals surface area contributed by atoms with Crippen LogP contribution < -0.4 is 19.6 Å². The molecule has 1 N–H and O–H groups in total. The Morgan fingerprint density at radius 1 is 0.953 bits per heavy atom. The van der Waals surface area contributed by atoms with E-state index in [0.29, 0.717) is 41.3 Å². The first kappa shape index (κ1) is 31.0. The number of hydrogen-bond acceptors (Lipinski definition) is 7. The minimum Gasteiger partial charge on any atom is -0.490 e. The van der Waals surface area contributed by atoms with E-state index < -0.39 is 34.0 Å². The highest BCUT2D eigenvalue weighted by Gasteiger charge is 2.33. The van der Waals surface area contributed by atoms with Crippen LogP contribution in [0, 0.1) is 10.1 Å². The number of nitrogens with one attached hydrogen (secondary N) is 1. The molecule has 0 saturated heterocycles. The van der Waals surface area contributed by atoms with Gasteiger partial charge in [-0.05, 0) is 61.0 Å². The maximum Gasteiger partial charge on any atom is 0.416 e. The lowest BCUT2D eigenvalue weighted by Gasteiger charge is -2.13. The molecule has 13 heteroatoms. The van der Waals surface area contributed by atoms with Gasteiger partial charge in [0.1, 0.15) is 12.4 Å². The summed E-state index contributed by atoms with van der Waals surface area (Å²) in [6, 6.07) is 20.7. The Morgan fingerprint density at radius 3 is 2.37 bits per heavy atom. The molecular weight excluding hydrogens is 635 g/mol. The second kappa shape index (κ2) is 13.8. The zero-order valence-corrected chi connectivity index (χ0v) is 24.0. The van der Waals surface area contributed by atoms with Gasteiger partial charge in [-0.2, -0.15) is 18.3 Å². The van der Waals surface area contributed by atoms with Crippen LogP contribution in [0.5, 0.6) is 23.0 Å². The Balaban J connectivity index is 1.50. The van der Waals surface area contributed by atoms with Crippen molar-refractivity contribution in [2.75, 3.05) is 6.61 Å². The van der Waals surface area contributed by atoms with Gasteiger partial charge in [0, 0.05) is 21.7 Å². The second-order valence-electron chi connectivity index (χ2n) is 8.79. The summed E-state index contributed by atoms with van der Waals surface area (Å²) in [5.74, 6) is -0.0998. The average Bonchev–Trinajstić information content (AvgIpc) is 2.98. The lowest BCUT2D eigenvalue weighted by atomic mass is 10.1. The predicted octanol–water partition coefficient (Wildman–Crippen LogP) is 7.91. The van der Waals surface area contributed by atoms with Crippen LogP contribution in [0.25, 0.3) is 0 Å². The van der Waals surface area contributed by atoms with E-state index >= 15 is 0 Å². The summed E-state index contributed by atoms with van der Waals surface area (Å²) in [6.07, 6.45) is -3.54. The molecular formula is C30H23BrF3N3O6. The number of nitrogens with zero attached hydrogens (tertiary/aromatic N) is 2. The van der Waals surface area contributed by atoms with Crippen molar-refractivity contribution < 1.29 is 37.1 Å². The van der Waals surface area contributed by atoms with E-state index in [9.17, 15) is 28.1 Å². The van der Waals surface area contributed by atoms with E-state index in [2.05, 4.69) is 26.5 Å². The molecule has 0 aliphatic rings. The van der Waals surface area contributed by atoms with Crippen LogP contribution in [0.15, 0.2) is 94.5 Å². The smallest absolute Gasteiger partial charge is 0.416 e. The summed E-state index contributed by atoms with van der Waals surface area (Å²) in [7, 11) is 0. The highest BCUT2D eigenvalue weighted by atomic mass is 79.9. The second-order valence-corrected chi connectivity index (χ2v) is 9.71. The summed E-state index contributed by atoms with van der Waals surface area (Å²) in [5, 5.41) is 15.4. The molecule has 0 heterocycles. The number of carbonyl (C=O) groups is 1. The molecule has 0 unspecified atom stereocenters. The minimum atomic E-state index is -4.77. The zero-order chi connectivity index (χ0) is 31.0. The van der Waals surface area contributed by atoms with Crippen molar-refractivity contribution in [2.45, 2.75) is 19.7 Å². The monoisotopic (exact) mass is 657 g/mol. The van der Waals surface area contributed by atoms with Crippen LogP contribution in [-0.4, -0.2) is 23.7 Å². The number of hydrogen-bond donors (Lipinski definition) is 1. The maximum atomic E-state index is 13.1. The third-order valence-electron chi connectivity index (χ3n) is 5.79. The van der Waals surface area contributed by atoms with Crippen LogP contribution in [0.4, 0.5) is 18.9 Å². The maximum absolute atomic E-state index is 13.1. The SMILES string of the molecule is CCOc1cc(C(=O)N/N=C/c2cc(Br)ccc2Oc2ccc(C(F)(F)F)cc2[N+](=O)[O-])ccc1OCc1ccccc1. The van der Waals surface area contributed by atoms with Gasteiger partial charge < -0.3 is 14.2 Å².